The molecule has 0 radical (unpaired) electrons. The van der Waals surface area contributed by atoms with Gasteiger partial charge in [-0.2, -0.15) is 0 Å². The van der Waals surface area contributed by atoms with Gasteiger partial charge >= 0.3 is 5.97 Å². The Bertz CT molecular complexity index is 483. The fourth-order valence-electron chi connectivity index (χ4n) is 2.43. The van der Waals surface area contributed by atoms with E-state index < -0.39 is 12.0 Å². The first kappa shape index (κ1) is 14.6. The van der Waals surface area contributed by atoms with Crippen molar-refractivity contribution in [1.82, 2.24) is 4.90 Å². The Morgan fingerprint density at radius 3 is 2.70 bits per heavy atom. The summed E-state index contributed by atoms with van der Waals surface area (Å²) in [6.07, 6.45) is 1.77. The minimum Gasteiger partial charge on any atom is -0.480 e. The molecule has 0 saturated heterocycles. The number of amidine groups is 1. The van der Waals surface area contributed by atoms with Gasteiger partial charge in [-0.1, -0.05) is 44.2 Å². The van der Waals surface area contributed by atoms with Gasteiger partial charge < -0.3 is 10.0 Å². The van der Waals surface area contributed by atoms with Crippen molar-refractivity contribution in [2.45, 2.75) is 32.7 Å². The standard InChI is InChI=1S/C16H22N2O2/c1-12(2)10-15-17-14(16(19)20)11-18(15)9-8-13-6-4-3-5-7-13/h3-7,12,14H,8-11H2,1-2H3,(H,19,20). The maximum Gasteiger partial charge on any atom is 0.330 e. The summed E-state index contributed by atoms with van der Waals surface area (Å²) in [4.78, 5) is 17.6. The van der Waals surface area contributed by atoms with Crippen LogP contribution in [-0.4, -0.2) is 40.9 Å². The van der Waals surface area contributed by atoms with Crippen molar-refractivity contribution in [2.24, 2.45) is 10.9 Å². The highest BCUT2D eigenvalue weighted by Crippen LogP contribution is 2.16. The summed E-state index contributed by atoms with van der Waals surface area (Å²) < 4.78 is 0. The molecule has 1 unspecified atom stereocenters. The molecule has 1 N–H and O–H groups in total. The van der Waals surface area contributed by atoms with E-state index in [1.165, 1.54) is 5.56 Å². The van der Waals surface area contributed by atoms with Crippen molar-refractivity contribution in [3.8, 4) is 0 Å². The highest BCUT2D eigenvalue weighted by atomic mass is 16.4. The third-order valence-corrected chi connectivity index (χ3v) is 3.45. The lowest BCUT2D eigenvalue weighted by Crippen LogP contribution is -2.33. The molecule has 20 heavy (non-hydrogen) atoms. The lowest BCUT2D eigenvalue weighted by molar-refractivity contribution is -0.138. The molecule has 1 aromatic carbocycles. The van der Waals surface area contributed by atoms with Crippen LogP contribution in [0, 0.1) is 5.92 Å². The number of aliphatic carboxylic acids is 1. The zero-order chi connectivity index (χ0) is 14.5. The normalized spacial score (nSPS) is 18.4. The Morgan fingerprint density at radius 1 is 1.40 bits per heavy atom. The molecule has 1 heterocycles. The van der Waals surface area contributed by atoms with Crippen LogP contribution >= 0.6 is 0 Å². The van der Waals surface area contributed by atoms with E-state index in [0.717, 1.165) is 25.2 Å². The first-order chi connectivity index (χ1) is 9.56. The first-order valence-electron chi connectivity index (χ1n) is 7.14. The topological polar surface area (TPSA) is 52.9 Å². The van der Waals surface area contributed by atoms with Crippen LogP contribution in [0.15, 0.2) is 35.3 Å². The van der Waals surface area contributed by atoms with E-state index >= 15 is 0 Å². The van der Waals surface area contributed by atoms with Gasteiger partial charge in [-0.05, 0) is 17.9 Å². The molecule has 4 nitrogen and oxygen atoms in total. The van der Waals surface area contributed by atoms with Gasteiger partial charge in [0.25, 0.3) is 0 Å². The SMILES string of the molecule is CC(C)CC1=NC(C(=O)O)CN1CCc1ccccc1. The van der Waals surface area contributed by atoms with Gasteiger partial charge in [0, 0.05) is 13.0 Å². The highest BCUT2D eigenvalue weighted by molar-refractivity contribution is 5.89. The lowest BCUT2D eigenvalue weighted by atomic mass is 10.1. The Labute approximate surface area is 120 Å². The maximum atomic E-state index is 11.1. The fraction of sp³-hybridized carbons (Fsp3) is 0.500. The predicted molar refractivity (Wildman–Crippen MR) is 80.0 cm³/mol. The second kappa shape index (κ2) is 6.55. The van der Waals surface area contributed by atoms with E-state index in [1.54, 1.807) is 0 Å². The monoisotopic (exact) mass is 274 g/mol. The maximum absolute atomic E-state index is 11.1. The number of carboxylic acid groups (broad SMARTS) is 1. The second-order valence-electron chi connectivity index (χ2n) is 5.68. The van der Waals surface area contributed by atoms with Crippen LogP contribution in [0.1, 0.15) is 25.8 Å². The number of hydrogen-bond donors (Lipinski definition) is 1. The van der Waals surface area contributed by atoms with Gasteiger partial charge in [0.1, 0.15) is 5.84 Å². The Hall–Kier alpha value is -1.84. The highest BCUT2D eigenvalue weighted by Gasteiger charge is 2.29. The van der Waals surface area contributed by atoms with Crippen molar-refractivity contribution in [3.05, 3.63) is 35.9 Å². The Balaban J connectivity index is 1.99. The molecule has 2 rings (SSSR count). The van der Waals surface area contributed by atoms with E-state index in [9.17, 15) is 4.79 Å². The molecule has 1 aliphatic rings. The molecular weight excluding hydrogens is 252 g/mol. The van der Waals surface area contributed by atoms with Crippen LogP contribution in [0.25, 0.3) is 0 Å². The third kappa shape index (κ3) is 3.83. The van der Waals surface area contributed by atoms with Crippen molar-refractivity contribution < 1.29 is 9.90 Å². The molecule has 0 bridgehead atoms. The largest absolute Gasteiger partial charge is 0.480 e. The number of carboxylic acids is 1. The first-order valence-corrected chi connectivity index (χ1v) is 7.14. The number of aliphatic imine (C=N–C) groups is 1. The van der Waals surface area contributed by atoms with Crippen LogP contribution < -0.4 is 0 Å². The van der Waals surface area contributed by atoms with Crippen molar-refractivity contribution in [2.75, 3.05) is 13.1 Å². The van der Waals surface area contributed by atoms with Gasteiger partial charge in [-0.3, -0.25) is 4.99 Å². The lowest BCUT2D eigenvalue weighted by Gasteiger charge is -2.21. The van der Waals surface area contributed by atoms with E-state index in [2.05, 4.69) is 35.9 Å². The number of nitrogens with zero attached hydrogens (tertiary/aromatic N) is 2. The Morgan fingerprint density at radius 2 is 2.10 bits per heavy atom. The fourth-order valence-corrected chi connectivity index (χ4v) is 2.43. The molecule has 0 saturated carbocycles. The zero-order valence-electron chi connectivity index (χ0n) is 12.1. The molecule has 0 fully saturated rings. The minimum atomic E-state index is -0.825. The van der Waals surface area contributed by atoms with Crippen LogP contribution in [0.3, 0.4) is 0 Å². The predicted octanol–water partition coefficient (Wildman–Crippen LogP) is 2.44. The van der Waals surface area contributed by atoms with E-state index in [0.29, 0.717) is 12.5 Å². The van der Waals surface area contributed by atoms with Gasteiger partial charge in [-0.25, -0.2) is 4.79 Å². The van der Waals surface area contributed by atoms with Crippen LogP contribution in [-0.2, 0) is 11.2 Å². The van der Waals surface area contributed by atoms with E-state index in [1.807, 2.05) is 18.2 Å². The van der Waals surface area contributed by atoms with Crippen LogP contribution in [0.2, 0.25) is 0 Å². The van der Waals surface area contributed by atoms with Crippen molar-refractivity contribution in [1.29, 1.82) is 0 Å². The van der Waals surface area contributed by atoms with Crippen LogP contribution in [0.4, 0.5) is 0 Å². The van der Waals surface area contributed by atoms with Gasteiger partial charge in [0.15, 0.2) is 6.04 Å². The van der Waals surface area contributed by atoms with E-state index in [-0.39, 0.29) is 0 Å². The molecule has 0 aromatic heterocycles. The molecule has 108 valence electrons. The van der Waals surface area contributed by atoms with Crippen molar-refractivity contribution >= 4 is 11.8 Å². The zero-order valence-corrected chi connectivity index (χ0v) is 12.1. The molecule has 0 aliphatic carbocycles. The number of hydrogen-bond acceptors (Lipinski definition) is 3. The molecule has 4 heteroatoms. The smallest absolute Gasteiger partial charge is 0.330 e. The number of rotatable bonds is 6. The average molecular weight is 274 g/mol. The number of carbonyl (C=O) groups is 1. The molecule has 0 spiro atoms. The van der Waals surface area contributed by atoms with Gasteiger partial charge in [0.2, 0.25) is 0 Å². The average Bonchev–Trinajstić information content (AvgIpc) is 2.80. The van der Waals surface area contributed by atoms with Crippen molar-refractivity contribution in [3.63, 3.8) is 0 Å². The quantitative estimate of drug-likeness (QED) is 0.867. The summed E-state index contributed by atoms with van der Waals surface area (Å²) in [6, 6.07) is 9.67. The third-order valence-electron chi connectivity index (χ3n) is 3.45. The minimum absolute atomic E-state index is 0.487. The second-order valence-corrected chi connectivity index (χ2v) is 5.68. The summed E-state index contributed by atoms with van der Waals surface area (Å²) in [6.45, 7) is 5.60. The molecule has 1 aliphatic heterocycles. The summed E-state index contributed by atoms with van der Waals surface area (Å²) in [7, 11) is 0. The number of benzene rings is 1. The van der Waals surface area contributed by atoms with Gasteiger partial charge in [0.05, 0.1) is 6.54 Å². The van der Waals surface area contributed by atoms with E-state index in [4.69, 9.17) is 5.11 Å². The Kier molecular flexibility index (Phi) is 4.77. The van der Waals surface area contributed by atoms with Gasteiger partial charge in [-0.15, -0.1) is 0 Å². The summed E-state index contributed by atoms with van der Waals surface area (Å²) in [5.41, 5.74) is 1.27. The molecule has 0 amide bonds. The summed E-state index contributed by atoms with van der Waals surface area (Å²) in [5, 5.41) is 9.13. The molecular formula is C16H22N2O2. The molecule has 1 atom stereocenters. The van der Waals surface area contributed by atoms with Crippen LogP contribution in [0.5, 0.6) is 0 Å². The molecule has 1 aromatic rings. The summed E-state index contributed by atoms with van der Waals surface area (Å²) in [5.74, 6) is 0.609. The summed E-state index contributed by atoms with van der Waals surface area (Å²) >= 11 is 0.